The molecule has 0 fully saturated rings. The van der Waals surface area contributed by atoms with Gasteiger partial charge in [0.1, 0.15) is 17.7 Å². The molecule has 0 spiro atoms. The minimum absolute atomic E-state index is 0.311. The normalized spacial score (nSPS) is 12.2. The van der Waals surface area contributed by atoms with Crippen LogP contribution in [0.1, 0.15) is 18.4 Å². The number of aromatic nitrogens is 3. The van der Waals surface area contributed by atoms with Gasteiger partial charge in [-0.05, 0) is 38.1 Å². The topological polar surface area (TPSA) is 89.7 Å². The van der Waals surface area contributed by atoms with E-state index in [9.17, 15) is 4.79 Å². The quantitative estimate of drug-likeness (QED) is 0.417. The molecule has 7 heteroatoms. The molecule has 3 aromatic heterocycles. The van der Waals surface area contributed by atoms with Crippen molar-refractivity contribution >= 4 is 23.3 Å². The highest BCUT2D eigenvalue weighted by atomic mass is 16.3. The van der Waals surface area contributed by atoms with Crippen LogP contribution in [0.25, 0.3) is 22.7 Å². The number of aldehydes is 1. The number of carbonyl (C=O) groups excluding carboxylic acids is 1. The van der Waals surface area contributed by atoms with Gasteiger partial charge in [0.05, 0.1) is 5.69 Å². The lowest BCUT2D eigenvalue weighted by molar-refractivity contribution is -0.104. The summed E-state index contributed by atoms with van der Waals surface area (Å²) in [6.45, 7) is 4.72. The summed E-state index contributed by atoms with van der Waals surface area (Å²) in [5.74, 6) is 1.69. The molecule has 0 amide bonds. The number of furan rings is 1. The van der Waals surface area contributed by atoms with Gasteiger partial charge in [-0.25, -0.2) is 9.97 Å². The highest BCUT2D eigenvalue weighted by Gasteiger charge is 2.19. The zero-order valence-electron chi connectivity index (χ0n) is 15.0. The van der Waals surface area contributed by atoms with E-state index in [0.29, 0.717) is 22.9 Å². The summed E-state index contributed by atoms with van der Waals surface area (Å²) >= 11 is 0. The fourth-order valence-corrected chi connectivity index (χ4v) is 2.68. The third-order valence-electron chi connectivity index (χ3n) is 4.03. The smallest absolute Gasteiger partial charge is 0.180 e. The first-order chi connectivity index (χ1) is 12.5. The Labute approximate surface area is 151 Å². The van der Waals surface area contributed by atoms with Gasteiger partial charge in [-0.3, -0.25) is 9.20 Å². The van der Waals surface area contributed by atoms with Gasteiger partial charge in [0.2, 0.25) is 0 Å². The van der Waals surface area contributed by atoms with Gasteiger partial charge in [-0.1, -0.05) is 0 Å². The Hall–Kier alpha value is -3.35. The Morgan fingerprint density at radius 1 is 1.42 bits per heavy atom. The van der Waals surface area contributed by atoms with Gasteiger partial charge in [0.25, 0.3) is 0 Å². The first-order valence-corrected chi connectivity index (χ1v) is 8.28. The van der Waals surface area contributed by atoms with E-state index in [4.69, 9.17) is 10.2 Å². The SMILES string of the molecule is CCN(C)/C=C(\C=C/C=O)c1c(-c2ccc(C)o2)nc(N)c2nccn12. The number of hydrogen-bond acceptors (Lipinski definition) is 6. The maximum atomic E-state index is 10.9. The van der Waals surface area contributed by atoms with Crippen LogP contribution in [0.5, 0.6) is 0 Å². The summed E-state index contributed by atoms with van der Waals surface area (Å²) in [7, 11) is 1.96. The van der Waals surface area contributed by atoms with Crippen molar-refractivity contribution in [2.45, 2.75) is 13.8 Å². The van der Waals surface area contributed by atoms with E-state index >= 15 is 0 Å². The zero-order valence-corrected chi connectivity index (χ0v) is 15.0. The second-order valence-corrected chi connectivity index (χ2v) is 5.88. The Morgan fingerprint density at radius 3 is 2.88 bits per heavy atom. The molecule has 0 radical (unpaired) electrons. The molecule has 3 aromatic rings. The average Bonchev–Trinajstić information content (AvgIpc) is 3.28. The van der Waals surface area contributed by atoms with Crippen molar-refractivity contribution in [1.82, 2.24) is 19.3 Å². The molecule has 0 atom stereocenters. The fraction of sp³-hybridized carbons (Fsp3) is 0.211. The van der Waals surface area contributed by atoms with Crippen LogP contribution in [0.3, 0.4) is 0 Å². The molecule has 134 valence electrons. The second kappa shape index (κ2) is 7.26. The number of hydrogen-bond donors (Lipinski definition) is 1. The number of allylic oxidation sites excluding steroid dienone is 3. The second-order valence-electron chi connectivity index (χ2n) is 5.88. The Morgan fingerprint density at radius 2 is 2.23 bits per heavy atom. The summed E-state index contributed by atoms with van der Waals surface area (Å²) in [5, 5.41) is 0. The van der Waals surface area contributed by atoms with Gasteiger partial charge in [0, 0.05) is 37.8 Å². The van der Waals surface area contributed by atoms with Crippen LogP contribution in [-0.2, 0) is 4.79 Å². The van der Waals surface area contributed by atoms with Crippen molar-refractivity contribution in [2.75, 3.05) is 19.3 Å². The van der Waals surface area contributed by atoms with E-state index in [1.807, 2.05) is 54.7 Å². The molecule has 0 unspecified atom stereocenters. The van der Waals surface area contributed by atoms with E-state index in [-0.39, 0.29) is 0 Å². The number of anilines is 1. The van der Waals surface area contributed by atoms with Gasteiger partial charge in [-0.2, -0.15) is 0 Å². The van der Waals surface area contributed by atoms with Crippen LogP contribution in [0.2, 0.25) is 0 Å². The lowest BCUT2D eigenvalue weighted by Crippen LogP contribution is -2.12. The highest BCUT2D eigenvalue weighted by molar-refractivity contribution is 5.86. The maximum Gasteiger partial charge on any atom is 0.180 e. The standard InChI is InChI=1S/C19H21N5O2/c1-4-23(3)12-14(6-5-11-25)17-16(15-8-7-13(2)26-15)22-18(20)19-21-9-10-24(17)19/h5-12H,4H2,1-3H3,(H2,20,22)/b6-5-,14-12+. The zero-order chi connectivity index (χ0) is 18.7. The Bertz CT molecular complexity index is 997. The first-order valence-electron chi connectivity index (χ1n) is 8.28. The molecule has 0 aromatic carbocycles. The molecular weight excluding hydrogens is 330 g/mol. The van der Waals surface area contributed by atoms with Crippen LogP contribution in [0.4, 0.5) is 5.82 Å². The van der Waals surface area contributed by atoms with Gasteiger partial charge >= 0.3 is 0 Å². The number of rotatable bonds is 6. The molecule has 7 nitrogen and oxygen atoms in total. The van der Waals surface area contributed by atoms with Crippen LogP contribution in [0, 0.1) is 6.92 Å². The number of nitrogens with two attached hydrogens (primary N) is 1. The predicted molar refractivity (Wildman–Crippen MR) is 101 cm³/mol. The highest BCUT2D eigenvalue weighted by Crippen LogP contribution is 2.32. The minimum Gasteiger partial charge on any atom is -0.460 e. The van der Waals surface area contributed by atoms with Crippen molar-refractivity contribution in [3.63, 3.8) is 0 Å². The predicted octanol–water partition coefficient (Wildman–Crippen LogP) is 2.93. The first kappa shape index (κ1) is 17.5. The van der Waals surface area contributed by atoms with E-state index in [1.54, 1.807) is 12.3 Å². The van der Waals surface area contributed by atoms with Gasteiger partial charge < -0.3 is 15.1 Å². The molecule has 0 aliphatic rings. The van der Waals surface area contributed by atoms with E-state index in [0.717, 1.165) is 29.9 Å². The lowest BCUT2D eigenvalue weighted by atomic mass is 10.1. The third kappa shape index (κ3) is 3.23. The summed E-state index contributed by atoms with van der Waals surface area (Å²) in [6.07, 6.45) is 9.37. The third-order valence-corrected chi connectivity index (χ3v) is 4.03. The van der Waals surface area contributed by atoms with Crippen molar-refractivity contribution in [1.29, 1.82) is 0 Å². The van der Waals surface area contributed by atoms with Crippen molar-refractivity contribution < 1.29 is 9.21 Å². The molecule has 0 saturated carbocycles. The van der Waals surface area contributed by atoms with Gasteiger partial charge in [-0.15, -0.1) is 0 Å². The molecule has 0 aliphatic heterocycles. The molecule has 0 saturated heterocycles. The van der Waals surface area contributed by atoms with Crippen LogP contribution >= 0.6 is 0 Å². The maximum absolute atomic E-state index is 10.9. The van der Waals surface area contributed by atoms with Crippen LogP contribution < -0.4 is 5.73 Å². The van der Waals surface area contributed by atoms with E-state index < -0.39 is 0 Å². The molecule has 2 N–H and O–H groups in total. The lowest BCUT2D eigenvalue weighted by Gasteiger charge is -2.16. The Balaban J connectivity index is 2.35. The number of aryl methyl sites for hydroxylation is 1. The average molecular weight is 351 g/mol. The number of fused-ring (bicyclic) bond motifs is 1. The van der Waals surface area contributed by atoms with Crippen molar-refractivity contribution in [2.24, 2.45) is 0 Å². The number of nitrogen functional groups attached to an aromatic ring is 1. The summed E-state index contributed by atoms with van der Waals surface area (Å²) in [5.41, 5.74) is 8.79. The van der Waals surface area contributed by atoms with Crippen LogP contribution in [0.15, 0.2) is 47.3 Å². The fourth-order valence-electron chi connectivity index (χ4n) is 2.68. The summed E-state index contributed by atoms with van der Waals surface area (Å²) in [4.78, 5) is 21.8. The van der Waals surface area contributed by atoms with Crippen molar-refractivity contribution in [3.05, 3.63) is 54.3 Å². The molecule has 26 heavy (non-hydrogen) atoms. The number of nitrogens with zero attached hydrogens (tertiary/aromatic N) is 4. The molecular formula is C19H21N5O2. The van der Waals surface area contributed by atoms with Gasteiger partial charge in [0.15, 0.2) is 17.2 Å². The molecule has 3 rings (SSSR count). The van der Waals surface area contributed by atoms with E-state index in [1.165, 1.54) is 6.08 Å². The van der Waals surface area contributed by atoms with Crippen LogP contribution in [-0.4, -0.2) is 39.1 Å². The number of imidazole rings is 1. The summed E-state index contributed by atoms with van der Waals surface area (Å²) in [6, 6.07) is 3.73. The molecule has 3 heterocycles. The Kier molecular flexibility index (Phi) is 4.88. The van der Waals surface area contributed by atoms with Crippen molar-refractivity contribution in [3.8, 4) is 11.5 Å². The minimum atomic E-state index is 0.311. The largest absolute Gasteiger partial charge is 0.460 e. The summed E-state index contributed by atoms with van der Waals surface area (Å²) < 4.78 is 7.65. The molecule has 0 aliphatic carbocycles. The molecule has 0 bridgehead atoms. The van der Waals surface area contributed by atoms with E-state index in [2.05, 4.69) is 9.97 Å². The monoisotopic (exact) mass is 351 g/mol. The number of carbonyl (C=O) groups is 1.